The Hall–Kier alpha value is -2.17. The van der Waals surface area contributed by atoms with E-state index in [1.165, 1.54) is 31.2 Å². The Labute approximate surface area is 110 Å². The molecule has 1 N–H and O–H groups in total. The Morgan fingerprint density at radius 3 is 2.79 bits per heavy atom. The standard InChI is InChI=1S/C14H14FN3O/c15-11-3-5-12(6-4-11)18-9-16-8-13(18)14(19)17-7-10-1-2-10/h3-6,8-10H,1-2,7H2,(H,17,19). The SMILES string of the molecule is O=C(NCC1CC1)c1cncn1-c1ccc(F)cc1. The highest BCUT2D eigenvalue weighted by Crippen LogP contribution is 2.27. The molecule has 1 aromatic heterocycles. The molecule has 0 spiro atoms. The number of imidazole rings is 1. The first-order valence-corrected chi connectivity index (χ1v) is 6.30. The lowest BCUT2D eigenvalue weighted by Crippen LogP contribution is -2.27. The molecule has 5 heteroatoms. The molecule has 1 aromatic carbocycles. The maximum atomic E-state index is 12.9. The van der Waals surface area contributed by atoms with Crippen LogP contribution in [-0.4, -0.2) is 22.0 Å². The molecule has 2 aromatic rings. The van der Waals surface area contributed by atoms with Gasteiger partial charge in [0, 0.05) is 12.2 Å². The predicted molar refractivity (Wildman–Crippen MR) is 68.6 cm³/mol. The van der Waals surface area contributed by atoms with Gasteiger partial charge >= 0.3 is 0 Å². The van der Waals surface area contributed by atoms with Gasteiger partial charge in [-0.1, -0.05) is 0 Å². The third-order valence-electron chi connectivity index (χ3n) is 3.22. The third-order valence-corrected chi connectivity index (χ3v) is 3.22. The quantitative estimate of drug-likeness (QED) is 0.914. The zero-order valence-electron chi connectivity index (χ0n) is 10.3. The van der Waals surface area contributed by atoms with E-state index in [2.05, 4.69) is 10.3 Å². The monoisotopic (exact) mass is 259 g/mol. The Kier molecular flexibility index (Phi) is 3.03. The summed E-state index contributed by atoms with van der Waals surface area (Å²) in [5.74, 6) is 0.184. The van der Waals surface area contributed by atoms with Crippen LogP contribution in [0.2, 0.25) is 0 Å². The lowest BCUT2D eigenvalue weighted by atomic mass is 10.3. The van der Waals surface area contributed by atoms with Crippen molar-refractivity contribution < 1.29 is 9.18 Å². The fraction of sp³-hybridized carbons (Fsp3) is 0.286. The molecule has 0 radical (unpaired) electrons. The van der Waals surface area contributed by atoms with Gasteiger partial charge in [0.05, 0.1) is 12.5 Å². The Balaban J connectivity index is 1.80. The van der Waals surface area contributed by atoms with E-state index in [9.17, 15) is 9.18 Å². The van der Waals surface area contributed by atoms with Gasteiger partial charge in [0.2, 0.25) is 0 Å². The second-order valence-corrected chi connectivity index (χ2v) is 4.78. The van der Waals surface area contributed by atoms with Crippen LogP contribution in [0.15, 0.2) is 36.8 Å². The molecule has 1 heterocycles. The summed E-state index contributed by atoms with van der Waals surface area (Å²) in [6, 6.07) is 5.96. The van der Waals surface area contributed by atoms with E-state index in [0.717, 1.165) is 5.69 Å². The molecule has 0 atom stereocenters. The van der Waals surface area contributed by atoms with Crippen molar-refractivity contribution in [1.82, 2.24) is 14.9 Å². The molecule has 1 amide bonds. The van der Waals surface area contributed by atoms with Gasteiger partial charge < -0.3 is 5.32 Å². The number of aromatic nitrogens is 2. The van der Waals surface area contributed by atoms with Gasteiger partial charge in [0.25, 0.3) is 5.91 Å². The van der Waals surface area contributed by atoms with Gasteiger partial charge in [-0.25, -0.2) is 9.37 Å². The minimum absolute atomic E-state index is 0.145. The molecule has 0 aliphatic heterocycles. The van der Waals surface area contributed by atoms with E-state index in [4.69, 9.17) is 0 Å². The van der Waals surface area contributed by atoms with Crippen molar-refractivity contribution in [2.24, 2.45) is 5.92 Å². The van der Waals surface area contributed by atoms with E-state index in [1.807, 2.05) is 0 Å². The minimum atomic E-state index is -0.302. The van der Waals surface area contributed by atoms with Crippen LogP contribution in [-0.2, 0) is 0 Å². The number of hydrogen-bond acceptors (Lipinski definition) is 2. The Bertz CT molecular complexity index is 587. The summed E-state index contributed by atoms with van der Waals surface area (Å²) in [6.07, 6.45) is 5.46. The van der Waals surface area contributed by atoms with E-state index in [1.54, 1.807) is 23.0 Å². The number of nitrogens with one attached hydrogen (secondary N) is 1. The van der Waals surface area contributed by atoms with E-state index < -0.39 is 0 Å². The van der Waals surface area contributed by atoms with Crippen molar-refractivity contribution in [2.45, 2.75) is 12.8 Å². The van der Waals surface area contributed by atoms with Crippen LogP contribution >= 0.6 is 0 Å². The highest BCUT2D eigenvalue weighted by atomic mass is 19.1. The van der Waals surface area contributed by atoms with Gasteiger partial charge in [-0.2, -0.15) is 0 Å². The van der Waals surface area contributed by atoms with E-state index >= 15 is 0 Å². The van der Waals surface area contributed by atoms with E-state index in [-0.39, 0.29) is 11.7 Å². The van der Waals surface area contributed by atoms with Crippen LogP contribution in [0, 0.1) is 11.7 Å². The Morgan fingerprint density at radius 2 is 2.11 bits per heavy atom. The summed E-state index contributed by atoms with van der Waals surface area (Å²) in [6.45, 7) is 0.716. The van der Waals surface area contributed by atoms with Crippen molar-refractivity contribution in [2.75, 3.05) is 6.54 Å². The Morgan fingerprint density at radius 1 is 1.37 bits per heavy atom. The van der Waals surface area contributed by atoms with Crippen molar-refractivity contribution in [3.8, 4) is 5.69 Å². The molecule has 0 unspecified atom stereocenters. The summed E-state index contributed by atoms with van der Waals surface area (Å²) < 4.78 is 14.6. The van der Waals surface area contributed by atoms with Crippen LogP contribution in [0.5, 0.6) is 0 Å². The second kappa shape index (κ2) is 4.84. The first kappa shape index (κ1) is 11.9. The molecule has 19 heavy (non-hydrogen) atoms. The molecule has 0 saturated heterocycles. The fourth-order valence-corrected chi connectivity index (χ4v) is 1.92. The van der Waals surface area contributed by atoms with Gasteiger partial charge in [0.1, 0.15) is 11.5 Å². The molecule has 1 aliphatic carbocycles. The van der Waals surface area contributed by atoms with Crippen molar-refractivity contribution in [3.05, 3.63) is 48.3 Å². The van der Waals surface area contributed by atoms with Crippen LogP contribution in [0.25, 0.3) is 5.69 Å². The zero-order valence-corrected chi connectivity index (χ0v) is 10.3. The second-order valence-electron chi connectivity index (χ2n) is 4.78. The third kappa shape index (κ3) is 2.65. The normalized spacial score (nSPS) is 14.4. The highest BCUT2D eigenvalue weighted by Gasteiger charge is 2.22. The van der Waals surface area contributed by atoms with Gasteiger partial charge in [0.15, 0.2) is 0 Å². The minimum Gasteiger partial charge on any atom is -0.350 e. The predicted octanol–water partition coefficient (Wildman–Crippen LogP) is 2.15. The average Bonchev–Trinajstić information content (AvgIpc) is 3.12. The van der Waals surface area contributed by atoms with Crippen LogP contribution in [0.3, 0.4) is 0 Å². The van der Waals surface area contributed by atoms with Crippen molar-refractivity contribution in [1.29, 1.82) is 0 Å². The number of halogens is 1. The van der Waals surface area contributed by atoms with Crippen molar-refractivity contribution in [3.63, 3.8) is 0 Å². The van der Waals surface area contributed by atoms with Crippen LogP contribution in [0.4, 0.5) is 4.39 Å². The van der Waals surface area contributed by atoms with Crippen LogP contribution in [0.1, 0.15) is 23.3 Å². The van der Waals surface area contributed by atoms with Gasteiger partial charge in [-0.3, -0.25) is 9.36 Å². The van der Waals surface area contributed by atoms with E-state index in [0.29, 0.717) is 18.2 Å². The molecular weight excluding hydrogens is 245 g/mol. The average molecular weight is 259 g/mol. The summed E-state index contributed by atoms with van der Waals surface area (Å²) in [7, 11) is 0. The van der Waals surface area contributed by atoms with Gasteiger partial charge in [-0.05, 0) is 43.0 Å². The van der Waals surface area contributed by atoms with Crippen LogP contribution < -0.4 is 5.32 Å². The number of benzene rings is 1. The lowest BCUT2D eigenvalue weighted by molar-refractivity contribution is 0.0945. The molecule has 3 rings (SSSR count). The number of carbonyl (C=O) groups is 1. The summed E-state index contributed by atoms with van der Waals surface area (Å²) >= 11 is 0. The number of carbonyl (C=O) groups excluding carboxylic acids is 1. The first-order chi connectivity index (χ1) is 9.24. The number of rotatable bonds is 4. The summed E-state index contributed by atoms with van der Waals surface area (Å²) in [4.78, 5) is 16.0. The maximum absolute atomic E-state index is 12.9. The smallest absolute Gasteiger partial charge is 0.269 e. The maximum Gasteiger partial charge on any atom is 0.269 e. The lowest BCUT2D eigenvalue weighted by Gasteiger charge is -2.08. The number of hydrogen-bond donors (Lipinski definition) is 1. The van der Waals surface area contributed by atoms with Gasteiger partial charge in [-0.15, -0.1) is 0 Å². The molecule has 4 nitrogen and oxygen atoms in total. The summed E-state index contributed by atoms with van der Waals surface area (Å²) in [5.41, 5.74) is 1.18. The summed E-state index contributed by atoms with van der Waals surface area (Å²) in [5, 5.41) is 2.89. The zero-order chi connectivity index (χ0) is 13.2. The largest absolute Gasteiger partial charge is 0.350 e. The van der Waals surface area contributed by atoms with Crippen molar-refractivity contribution >= 4 is 5.91 Å². The molecule has 98 valence electrons. The first-order valence-electron chi connectivity index (χ1n) is 6.30. The molecular formula is C14H14FN3O. The topological polar surface area (TPSA) is 46.9 Å². The number of amides is 1. The molecule has 0 bridgehead atoms. The molecule has 1 aliphatic rings. The molecule has 1 fully saturated rings. The number of nitrogens with zero attached hydrogens (tertiary/aromatic N) is 2. The highest BCUT2D eigenvalue weighted by molar-refractivity contribution is 5.93. The molecule has 1 saturated carbocycles. The fourth-order valence-electron chi connectivity index (χ4n) is 1.92.